The van der Waals surface area contributed by atoms with Crippen molar-refractivity contribution in [2.45, 2.75) is 45.5 Å². The molecular formula is C25H31ClFN3O3. The standard InChI is InChI=1S/C25H31ClFN3O3/c1-18(12-26)16-32-23-8-4-19(5-9-23)25(2,3)20-6-10-24(11-7-20)33-17-22(31)15-30-14-21(13-27)28-29-30/h4-11,14,18,22,31H,12-13,15-17H2,1-3H3/t18-,22-/m1/s1/i27-1. The van der Waals surface area contributed by atoms with Gasteiger partial charge in [-0.2, -0.15) is 0 Å². The highest BCUT2D eigenvalue weighted by molar-refractivity contribution is 6.18. The van der Waals surface area contributed by atoms with Crippen molar-refractivity contribution in [3.63, 3.8) is 0 Å². The van der Waals surface area contributed by atoms with Gasteiger partial charge in [-0.1, -0.05) is 50.3 Å². The minimum absolute atomic E-state index is 0.0946. The van der Waals surface area contributed by atoms with Crippen LogP contribution in [-0.4, -0.2) is 45.3 Å². The lowest BCUT2D eigenvalue weighted by atomic mass is 9.78. The molecule has 1 N–H and O–H groups in total. The fourth-order valence-electron chi connectivity index (χ4n) is 3.34. The Kier molecular flexibility index (Phi) is 8.69. The molecule has 0 amide bonds. The van der Waals surface area contributed by atoms with Crippen LogP contribution in [0.2, 0.25) is 0 Å². The third-order valence-corrected chi connectivity index (χ3v) is 6.04. The topological polar surface area (TPSA) is 69.4 Å². The molecule has 6 nitrogen and oxygen atoms in total. The van der Waals surface area contributed by atoms with Crippen molar-refractivity contribution < 1.29 is 19.0 Å². The summed E-state index contributed by atoms with van der Waals surface area (Å²) in [5, 5.41) is 17.6. The summed E-state index contributed by atoms with van der Waals surface area (Å²) in [6.45, 7) is 6.59. The first-order valence-electron chi connectivity index (χ1n) is 11.0. The van der Waals surface area contributed by atoms with Gasteiger partial charge in [-0.3, -0.25) is 0 Å². The summed E-state index contributed by atoms with van der Waals surface area (Å²) >= 11 is 5.84. The molecule has 0 bridgehead atoms. The van der Waals surface area contributed by atoms with Crippen molar-refractivity contribution in [3.8, 4) is 11.5 Å². The SMILES string of the molecule is C[C@H](CCl)COc1ccc(C(C)(C)c2ccc(OC[C@H](O)Cn3cc(C[18F])nn3)cc2)cc1. The van der Waals surface area contributed by atoms with Gasteiger partial charge in [0, 0.05) is 17.2 Å². The third-order valence-electron chi connectivity index (χ3n) is 5.51. The minimum atomic E-state index is -0.788. The first kappa shape index (κ1) is 25.0. The second-order valence-electron chi connectivity index (χ2n) is 8.77. The van der Waals surface area contributed by atoms with E-state index in [4.69, 9.17) is 21.1 Å². The second-order valence-corrected chi connectivity index (χ2v) is 9.08. The lowest BCUT2D eigenvalue weighted by Crippen LogP contribution is -2.24. The Labute approximate surface area is 199 Å². The molecule has 1 aromatic heterocycles. The van der Waals surface area contributed by atoms with Crippen molar-refractivity contribution in [2.75, 3.05) is 19.1 Å². The highest BCUT2D eigenvalue weighted by Gasteiger charge is 2.23. The van der Waals surface area contributed by atoms with Gasteiger partial charge < -0.3 is 14.6 Å². The van der Waals surface area contributed by atoms with E-state index in [1.807, 2.05) is 36.4 Å². The number of nitrogens with zero attached hydrogens (tertiary/aromatic N) is 3. The molecule has 0 unspecified atom stereocenters. The van der Waals surface area contributed by atoms with Crippen LogP contribution in [0.4, 0.5) is 4.39 Å². The van der Waals surface area contributed by atoms with E-state index < -0.39 is 12.8 Å². The van der Waals surface area contributed by atoms with E-state index in [1.165, 1.54) is 16.4 Å². The molecule has 2 atom stereocenters. The fraction of sp³-hybridized carbons (Fsp3) is 0.440. The molecule has 1 heterocycles. The van der Waals surface area contributed by atoms with Gasteiger partial charge in [0.2, 0.25) is 0 Å². The van der Waals surface area contributed by atoms with E-state index >= 15 is 0 Å². The molecule has 2 aromatic carbocycles. The van der Waals surface area contributed by atoms with Gasteiger partial charge in [0.05, 0.1) is 19.3 Å². The number of alkyl halides is 2. The molecule has 0 spiro atoms. The Morgan fingerprint density at radius 3 is 2.03 bits per heavy atom. The van der Waals surface area contributed by atoms with E-state index in [0.717, 1.165) is 11.3 Å². The van der Waals surface area contributed by atoms with Gasteiger partial charge in [0.1, 0.15) is 36.6 Å². The lowest BCUT2D eigenvalue weighted by Gasteiger charge is -2.26. The van der Waals surface area contributed by atoms with Crippen molar-refractivity contribution in [1.82, 2.24) is 15.0 Å². The average molecular weight is 475 g/mol. The van der Waals surface area contributed by atoms with Gasteiger partial charge in [0.15, 0.2) is 0 Å². The van der Waals surface area contributed by atoms with E-state index in [0.29, 0.717) is 24.2 Å². The van der Waals surface area contributed by atoms with Crippen LogP contribution >= 0.6 is 11.6 Å². The fourth-order valence-corrected chi connectivity index (χ4v) is 3.42. The van der Waals surface area contributed by atoms with E-state index in [9.17, 15) is 9.50 Å². The maximum Gasteiger partial charge on any atom is 0.135 e. The van der Waals surface area contributed by atoms with Crippen molar-refractivity contribution in [2.24, 2.45) is 5.92 Å². The zero-order chi connectivity index (χ0) is 23.8. The summed E-state index contributed by atoms with van der Waals surface area (Å²) < 4.78 is 25.4. The highest BCUT2D eigenvalue weighted by Crippen LogP contribution is 2.33. The molecule has 0 fully saturated rings. The predicted molar refractivity (Wildman–Crippen MR) is 127 cm³/mol. The van der Waals surface area contributed by atoms with E-state index in [-0.39, 0.29) is 24.3 Å². The summed E-state index contributed by atoms with van der Waals surface area (Å²) in [4.78, 5) is 0. The molecule has 0 saturated heterocycles. The molecule has 3 aromatic rings. The number of ether oxygens (including phenoxy) is 2. The Hall–Kier alpha value is -2.64. The lowest BCUT2D eigenvalue weighted by molar-refractivity contribution is 0.0888. The quantitative estimate of drug-likeness (QED) is 0.383. The number of benzene rings is 2. The van der Waals surface area contributed by atoms with Gasteiger partial charge >= 0.3 is 0 Å². The molecule has 0 aliphatic heterocycles. The summed E-state index contributed by atoms with van der Waals surface area (Å²) in [6.07, 6.45) is 0.683. The number of aliphatic hydroxyl groups is 1. The van der Waals surface area contributed by atoms with Crippen molar-refractivity contribution >= 4 is 11.6 Å². The number of halogens is 2. The monoisotopic (exact) mass is 474 g/mol. The first-order chi connectivity index (χ1) is 15.8. The van der Waals surface area contributed by atoms with Gasteiger partial charge in [0.25, 0.3) is 0 Å². The normalized spacial score (nSPS) is 13.5. The van der Waals surface area contributed by atoms with Crippen LogP contribution in [0.15, 0.2) is 54.7 Å². The maximum absolute atomic E-state index is 12.5. The Morgan fingerprint density at radius 1 is 1.00 bits per heavy atom. The van der Waals surface area contributed by atoms with Crippen LogP contribution in [0.25, 0.3) is 0 Å². The maximum atomic E-state index is 12.5. The van der Waals surface area contributed by atoms with E-state index in [2.05, 4.69) is 43.2 Å². The average Bonchev–Trinajstić information content (AvgIpc) is 3.29. The van der Waals surface area contributed by atoms with Crippen molar-refractivity contribution in [1.29, 1.82) is 0 Å². The number of rotatable bonds is 12. The molecule has 33 heavy (non-hydrogen) atoms. The number of aromatic nitrogens is 3. The summed E-state index contributed by atoms with van der Waals surface area (Å²) in [7, 11) is 0. The number of aliphatic hydroxyl groups excluding tert-OH is 1. The minimum Gasteiger partial charge on any atom is -0.493 e. The largest absolute Gasteiger partial charge is 0.493 e. The van der Waals surface area contributed by atoms with Crippen LogP contribution in [0.5, 0.6) is 11.5 Å². The Balaban J connectivity index is 1.55. The molecule has 3 rings (SSSR count). The molecule has 0 saturated carbocycles. The first-order valence-corrected chi connectivity index (χ1v) is 11.5. The molecule has 0 aliphatic rings. The number of hydrogen-bond acceptors (Lipinski definition) is 5. The molecule has 0 radical (unpaired) electrons. The van der Waals surface area contributed by atoms with E-state index in [1.54, 1.807) is 0 Å². The second kappa shape index (κ2) is 11.5. The van der Waals surface area contributed by atoms with Crippen molar-refractivity contribution in [3.05, 3.63) is 71.5 Å². The zero-order valence-corrected chi connectivity index (χ0v) is 20.0. The molecule has 178 valence electrons. The van der Waals surface area contributed by atoms with Gasteiger partial charge in [-0.15, -0.1) is 16.7 Å². The zero-order valence-electron chi connectivity index (χ0n) is 19.2. The smallest absolute Gasteiger partial charge is 0.135 e. The third kappa shape index (κ3) is 6.92. The summed E-state index contributed by atoms with van der Waals surface area (Å²) in [5.74, 6) is 2.38. The molecule has 8 heteroatoms. The predicted octanol–water partition coefficient (Wildman–Crippen LogP) is 4.77. The number of hydrogen-bond donors (Lipinski definition) is 1. The Bertz CT molecular complexity index is 993. The van der Waals surface area contributed by atoms with Gasteiger partial charge in [-0.25, -0.2) is 9.07 Å². The van der Waals surface area contributed by atoms with Crippen LogP contribution in [0.1, 0.15) is 37.6 Å². The molecule has 0 aliphatic carbocycles. The summed E-state index contributed by atoms with van der Waals surface area (Å²) in [5.41, 5.74) is 2.34. The van der Waals surface area contributed by atoms with Gasteiger partial charge in [-0.05, 0) is 35.4 Å². The molecular weight excluding hydrogens is 444 g/mol. The summed E-state index contributed by atoms with van der Waals surface area (Å²) in [6, 6.07) is 16.0. The highest BCUT2D eigenvalue weighted by atomic mass is 35.5. The Morgan fingerprint density at radius 2 is 1.55 bits per heavy atom. The van der Waals surface area contributed by atoms with Crippen LogP contribution in [0, 0.1) is 5.92 Å². The van der Waals surface area contributed by atoms with Crippen LogP contribution < -0.4 is 9.47 Å². The van der Waals surface area contributed by atoms with Crippen LogP contribution in [0.3, 0.4) is 0 Å². The van der Waals surface area contributed by atoms with Crippen LogP contribution in [-0.2, 0) is 18.6 Å².